The van der Waals surface area contributed by atoms with E-state index in [1.807, 2.05) is 13.8 Å². The maximum Gasteiger partial charge on any atom is 0.679 e. The second-order valence-corrected chi connectivity index (χ2v) is 4.63. The summed E-state index contributed by atoms with van der Waals surface area (Å²) >= 11 is 4.11. The normalized spacial score (nSPS) is 9.92. The van der Waals surface area contributed by atoms with Crippen molar-refractivity contribution < 1.29 is 7.58 Å². The molecule has 0 saturated heterocycles. The van der Waals surface area contributed by atoms with Crippen LogP contribution in [0.4, 0.5) is 0 Å². The summed E-state index contributed by atoms with van der Waals surface area (Å²) in [6, 6.07) is 0. The van der Waals surface area contributed by atoms with Gasteiger partial charge in [-0.1, -0.05) is 12.2 Å². The molecule has 0 aliphatic rings. The zero-order chi connectivity index (χ0) is 9.40. The minimum atomic E-state index is -1.49. The lowest BCUT2D eigenvalue weighted by molar-refractivity contribution is 0.215. The Balaban J connectivity index is 3.68. The monoisotopic (exact) mass is 206 g/mol. The predicted molar refractivity (Wildman–Crippen MR) is 53.7 cm³/mol. The van der Waals surface area contributed by atoms with Crippen molar-refractivity contribution in [2.45, 2.75) is 19.1 Å². The standard InChI is InChI=1S/C4H6Cl.2C2H5O.Al/c1-4(2)3-5;2*1-2-3;/h1-3H2;2*2H2,1H3;/q;2*-1;+2. The lowest BCUT2D eigenvalue weighted by atomic mass is 10.4. The lowest BCUT2D eigenvalue weighted by Crippen LogP contribution is -2.23. The van der Waals surface area contributed by atoms with Crippen LogP contribution in [-0.2, 0) is 7.58 Å². The lowest BCUT2D eigenvalue weighted by Gasteiger charge is -2.10. The number of rotatable bonds is 7. The molecule has 0 aromatic carbocycles. The summed E-state index contributed by atoms with van der Waals surface area (Å²) in [5, 5.41) is 0.825. The average molecular weight is 207 g/mol. The molecule has 70 valence electrons. The van der Waals surface area contributed by atoms with Gasteiger partial charge in [0, 0.05) is 19.1 Å². The predicted octanol–water partition coefficient (Wildman–Crippen LogP) is 2.34. The van der Waals surface area contributed by atoms with Crippen LogP contribution in [0, 0.1) is 0 Å². The van der Waals surface area contributed by atoms with E-state index in [2.05, 4.69) is 6.58 Å². The topological polar surface area (TPSA) is 18.5 Å². The largest absolute Gasteiger partial charge is 0.679 e. The number of hydrogen-bond acceptors (Lipinski definition) is 2. The van der Waals surface area contributed by atoms with Gasteiger partial charge < -0.3 is 7.58 Å². The van der Waals surface area contributed by atoms with Crippen molar-refractivity contribution in [2.75, 3.05) is 19.1 Å². The molecule has 0 aliphatic carbocycles. The Hall–Kier alpha value is 0.482. The van der Waals surface area contributed by atoms with Crippen LogP contribution in [-0.4, -0.2) is 33.9 Å². The molecule has 0 saturated carbocycles. The molecule has 0 atom stereocenters. The van der Waals surface area contributed by atoms with E-state index in [-0.39, 0.29) is 0 Å². The van der Waals surface area contributed by atoms with Gasteiger partial charge in [0.05, 0.1) is 0 Å². The Bertz CT molecular complexity index is 124. The minimum absolute atomic E-state index is 0.504. The van der Waals surface area contributed by atoms with E-state index in [4.69, 9.17) is 19.2 Å². The Morgan fingerprint density at radius 3 is 2.17 bits per heavy atom. The number of allylic oxidation sites excluding steroid dienone is 1. The average Bonchev–Trinajstić information content (AvgIpc) is 2.05. The van der Waals surface area contributed by atoms with Crippen LogP contribution in [0.1, 0.15) is 13.8 Å². The summed E-state index contributed by atoms with van der Waals surface area (Å²) in [5.41, 5.74) is 1.01. The zero-order valence-electron chi connectivity index (χ0n) is 7.81. The molecular weight excluding hydrogens is 191 g/mol. The minimum Gasteiger partial charge on any atom is -0.478 e. The molecule has 0 bridgehead atoms. The van der Waals surface area contributed by atoms with Crippen LogP contribution in [0.3, 0.4) is 0 Å². The fraction of sp³-hybridized carbons (Fsp3) is 0.750. The molecule has 4 heteroatoms. The zero-order valence-corrected chi connectivity index (χ0v) is 9.72. The highest BCUT2D eigenvalue weighted by Crippen LogP contribution is 2.07. The van der Waals surface area contributed by atoms with E-state index in [1.165, 1.54) is 0 Å². The van der Waals surface area contributed by atoms with Crippen LogP contribution in [0.15, 0.2) is 12.2 Å². The second kappa shape index (κ2) is 8.10. The summed E-state index contributed by atoms with van der Waals surface area (Å²) in [6.07, 6.45) is 0. The fourth-order valence-electron chi connectivity index (χ4n) is 0.828. The van der Waals surface area contributed by atoms with Crippen molar-refractivity contribution in [3.8, 4) is 0 Å². The van der Waals surface area contributed by atoms with Gasteiger partial charge in [-0.15, -0.1) is 11.6 Å². The first-order valence-electron chi connectivity index (χ1n) is 4.20. The van der Waals surface area contributed by atoms with E-state index >= 15 is 0 Å². The molecule has 0 fully saturated rings. The number of hydrogen-bond donors (Lipinski definition) is 0. The van der Waals surface area contributed by atoms with Gasteiger partial charge in [0.15, 0.2) is 0 Å². The third-order valence-electron chi connectivity index (χ3n) is 1.35. The highest BCUT2D eigenvalue weighted by atomic mass is 35.5. The van der Waals surface area contributed by atoms with Crippen molar-refractivity contribution in [1.82, 2.24) is 0 Å². The van der Waals surface area contributed by atoms with Gasteiger partial charge in [0.2, 0.25) is 0 Å². The third kappa shape index (κ3) is 6.05. The van der Waals surface area contributed by atoms with Crippen LogP contribution in [0.25, 0.3) is 0 Å². The van der Waals surface area contributed by atoms with Crippen LogP contribution < -0.4 is 0 Å². The molecule has 0 rings (SSSR count). The quantitative estimate of drug-likeness (QED) is 0.362. The van der Waals surface area contributed by atoms with Crippen LogP contribution in [0.5, 0.6) is 0 Å². The SMILES string of the molecule is C=C(CCl)[CH2][Al]([O]CC)[O]CC. The first-order chi connectivity index (χ1) is 5.74. The molecular formula is C8H16AlClO2. The van der Waals surface area contributed by atoms with Crippen molar-refractivity contribution in [1.29, 1.82) is 0 Å². The third-order valence-corrected chi connectivity index (χ3v) is 4.05. The van der Waals surface area contributed by atoms with Gasteiger partial charge >= 0.3 is 14.8 Å². The Kier molecular flexibility index (Phi) is 8.42. The molecule has 0 N–H and O–H groups in total. The number of halogens is 1. The van der Waals surface area contributed by atoms with E-state index in [9.17, 15) is 0 Å². The molecule has 12 heavy (non-hydrogen) atoms. The van der Waals surface area contributed by atoms with Gasteiger partial charge in [-0.3, -0.25) is 0 Å². The molecule has 0 aliphatic heterocycles. The smallest absolute Gasteiger partial charge is 0.478 e. The van der Waals surface area contributed by atoms with E-state index in [0.717, 1.165) is 10.9 Å². The van der Waals surface area contributed by atoms with Gasteiger partial charge in [0.1, 0.15) is 0 Å². The first kappa shape index (κ1) is 12.5. The first-order valence-corrected chi connectivity index (χ1v) is 6.49. The van der Waals surface area contributed by atoms with Crippen molar-refractivity contribution >= 4 is 26.4 Å². The van der Waals surface area contributed by atoms with E-state index in [1.54, 1.807) is 0 Å². The van der Waals surface area contributed by atoms with Gasteiger partial charge in [-0.25, -0.2) is 0 Å². The number of alkyl halides is 1. The molecule has 2 nitrogen and oxygen atoms in total. The van der Waals surface area contributed by atoms with E-state index in [0.29, 0.717) is 19.1 Å². The molecule has 0 radical (unpaired) electrons. The Morgan fingerprint density at radius 2 is 1.83 bits per heavy atom. The molecule has 0 spiro atoms. The highest BCUT2D eigenvalue weighted by Gasteiger charge is 2.24. The maximum atomic E-state index is 5.61. The fourth-order valence-corrected chi connectivity index (χ4v) is 2.81. The summed E-state index contributed by atoms with van der Waals surface area (Å²) in [5.74, 6) is 0.504. The van der Waals surface area contributed by atoms with Gasteiger partial charge in [-0.05, 0) is 19.1 Å². The summed E-state index contributed by atoms with van der Waals surface area (Å²) in [7, 11) is 0. The van der Waals surface area contributed by atoms with Crippen LogP contribution >= 0.6 is 11.6 Å². The molecule has 0 aromatic heterocycles. The molecule has 0 unspecified atom stereocenters. The Labute approximate surface area is 84.6 Å². The van der Waals surface area contributed by atoms with Crippen molar-refractivity contribution in [3.05, 3.63) is 12.2 Å². The molecule has 0 amide bonds. The maximum absolute atomic E-state index is 5.61. The van der Waals surface area contributed by atoms with E-state index < -0.39 is 14.8 Å². The highest BCUT2D eigenvalue weighted by molar-refractivity contribution is 6.45. The Morgan fingerprint density at radius 1 is 1.33 bits per heavy atom. The molecule has 0 aromatic rings. The van der Waals surface area contributed by atoms with Crippen molar-refractivity contribution in [2.24, 2.45) is 0 Å². The summed E-state index contributed by atoms with van der Waals surface area (Å²) in [4.78, 5) is 0. The van der Waals surface area contributed by atoms with Crippen molar-refractivity contribution in [3.63, 3.8) is 0 Å². The summed E-state index contributed by atoms with van der Waals surface area (Å²) in [6.45, 7) is 9.20. The molecule has 0 heterocycles. The summed E-state index contributed by atoms with van der Waals surface area (Å²) < 4.78 is 10.9. The van der Waals surface area contributed by atoms with Gasteiger partial charge in [-0.2, -0.15) is 0 Å². The second-order valence-electron chi connectivity index (χ2n) is 2.43. The van der Waals surface area contributed by atoms with Gasteiger partial charge in [0.25, 0.3) is 0 Å². The van der Waals surface area contributed by atoms with Crippen LogP contribution in [0.2, 0.25) is 5.28 Å².